The Balaban J connectivity index is 1.49. The summed E-state index contributed by atoms with van der Waals surface area (Å²) in [4.78, 5) is 31.2. The molecule has 0 amide bonds. The van der Waals surface area contributed by atoms with Crippen molar-refractivity contribution in [2.75, 3.05) is 0 Å². The van der Waals surface area contributed by atoms with Crippen LogP contribution in [0.5, 0.6) is 0 Å². The van der Waals surface area contributed by atoms with Crippen LogP contribution >= 0.6 is 34.5 Å². The third kappa shape index (κ3) is 2.96. The fourth-order valence-corrected chi connectivity index (χ4v) is 4.53. The molecule has 0 bridgehead atoms. The average Bonchev–Trinajstić information content (AvgIpc) is 3.37. The first-order valence-corrected chi connectivity index (χ1v) is 10.2. The highest BCUT2D eigenvalue weighted by Gasteiger charge is 2.34. The van der Waals surface area contributed by atoms with Gasteiger partial charge in [0, 0.05) is 28.1 Å². The van der Waals surface area contributed by atoms with E-state index in [2.05, 4.69) is 11.1 Å². The molecule has 8 heteroatoms. The van der Waals surface area contributed by atoms with Gasteiger partial charge in [-0.3, -0.25) is 9.59 Å². The van der Waals surface area contributed by atoms with Crippen molar-refractivity contribution in [3.05, 3.63) is 80.7 Å². The number of Topliss-reactive ketones (excluding diaryl/α,β-unsaturated/α-hetero) is 2. The molecule has 5 nitrogen and oxygen atoms in total. The molecule has 0 aliphatic heterocycles. The predicted octanol–water partition coefficient (Wildman–Crippen LogP) is 6.20. The molecular formula is C22H8Cl2N2O3S. The second-order valence-electron chi connectivity index (χ2n) is 6.55. The van der Waals surface area contributed by atoms with Crippen LogP contribution in [0.4, 0.5) is 0 Å². The number of nitriles is 1. The van der Waals surface area contributed by atoms with E-state index in [1.807, 2.05) is 18.2 Å². The summed E-state index contributed by atoms with van der Waals surface area (Å²) in [6.07, 6.45) is 1.35. The van der Waals surface area contributed by atoms with Gasteiger partial charge in [-0.25, -0.2) is 0 Å². The van der Waals surface area contributed by atoms with E-state index in [1.165, 1.54) is 29.5 Å². The van der Waals surface area contributed by atoms with E-state index in [9.17, 15) is 9.59 Å². The number of fused-ring (bicyclic) bond motifs is 2. The second kappa shape index (κ2) is 6.92. The number of carbonyl (C=O) groups is 2. The molecule has 0 saturated heterocycles. The number of oxazole rings is 1. The van der Waals surface area contributed by atoms with Crippen molar-refractivity contribution in [2.45, 2.75) is 0 Å². The summed E-state index contributed by atoms with van der Waals surface area (Å²) in [5.74, 6) is -0.703. The molecule has 2 heterocycles. The van der Waals surface area contributed by atoms with Gasteiger partial charge in [-0.1, -0.05) is 35.3 Å². The Bertz CT molecular complexity index is 1380. The SMILES string of the molecule is N#Cc1ccc(-c2cc3oc(C=C4C(=O)c5cc(Cl)c(Cl)cc5C4=O)nc3s2)cc1. The lowest BCUT2D eigenvalue weighted by atomic mass is 10.1. The number of allylic oxidation sites excluding steroid dienone is 1. The molecule has 0 N–H and O–H groups in total. The Hall–Kier alpha value is -3.24. The molecule has 0 radical (unpaired) electrons. The summed E-state index contributed by atoms with van der Waals surface area (Å²) in [5.41, 5.74) is 2.48. The lowest BCUT2D eigenvalue weighted by Gasteiger charge is -1.98. The van der Waals surface area contributed by atoms with Crippen LogP contribution in [0.3, 0.4) is 0 Å². The van der Waals surface area contributed by atoms with Gasteiger partial charge in [0.2, 0.25) is 5.89 Å². The molecule has 1 aliphatic rings. The van der Waals surface area contributed by atoms with E-state index >= 15 is 0 Å². The topological polar surface area (TPSA) is 84.0 Å². The molecule has 0 saturated carbocycles. The molecule has 4 aromatic rings. The van der Waals surface area contributed by atoms with Crippen LogP contribution in [0.25, 0.3) is 26.9 Å². The van der Waals surface area contributed by atoms with Gasteiger partial charge in [-0.15, -0.1) is 11.3 Å². The fourth-order valence-electron chi connectivity index (χ4n) is 3.23. The molecule has 144 valence electrons. The van der Waals surface area contributed by atoms with Crippen LogP contribution in [0.2, 0.25) is 10.0 Å². The summed E-state index contributed by atoms with van der Waals surface area (Å²) < 4.78 is 5.73. The fraction of sp³-hybridized carbons (Fsp3) is 0. The van der Waals surface area contributed by atoms with Gasteiger partial charge in [0.25, 0.3) is 0 Å². The summed E-state index contributed by atoms with van der Waals surface area (Å²) in [6, 6.07) is 13.9. The van der Waals surface area contributed by atoms with Crippen molar-refractivity contribution in [3.63, 3.8) is 0 Å². The summed E-state index contributed by atoms with van der Waals surface area (Å²) in [5, 5.41) is 9.34. The average molecular weight is 451 g/mol. The van der Waals surface area contributed by atoms with Gasteiger partial charge >= 0.3 is 0 Å². The quantitative estimate of drug-likeness (QED) is 0.268. The number of thiophene rings is 1. The Labute approximate surface area is 183 Å². The maximum absolute atomic E-state index is 12.6. The van der Waals surface area contributed by atoms with E-state index in [-0.39, 0.29) is 32.6 Å². The number of aromatic nitrogens is 1. The molecule has 1 aliphatic carbocycles. The van der Waals surface area contributed by atoms with E-state index < -0.39 is 11.6 Å². The van der Waals surface area contributed by atoms with E-state index in [0.29, 0.717) is 16.0 Å². The van der Waals surface area contributed by atoms with Crippen molar-refractivity contribution < 1.29 is 14.0 Å². The lowest BCUT2D eigenvalue weighted by Crippen LogP contribution is -2.00. The number of carbonyl (C=O) groups excluding carboxylic acids is 2. The van der Waals surface area contributed by atoms with Gasteiger partial charge in [-0.05, 0) is 29.8 Å². The third-order valence-electron chi connectivity index (χ3n) is 4.71. The number of hydrogen-bond acceptors (Lipinski definition) is 6. The van der Waals surface area contributed by atoms with Gasteiger partial charge < -0.3 is 4.42 Å². The maximum Gasteiger partial charge on any atom is 0.221 e. The van der Waals surface area contributed by atoms with Crippen LogP contribution in [0.1, 0.15) is 32.2 Å². The lowest BCUT2D eigenvalue weighted by molar-refractivity contribution is 0.0990. The van der Waals surface area contributed by atoms with E-state index in [4.69, 9.17) is 32.9 Å². The summed E-state index contributed by atoms with van der Waals surface area (Å²) in [7, 11) is 0. The van der Waals surface area contributed by atoms with Crippen LogP contribution < -0.4 is 0 Å². The van der Waals surface area contributed by atoms with Crippen molar-refractivity contribution in [1.82, 2.24) is 4.98 Å². The van der Waals surface area contributed by atoms with Crippen LogP contribution in [0.15, 0.2) is 52.5 Å². The minimum absolute atomic E-state index is 0.0375. The Kier molecular flexibility index (Phi) is 4.33. The highest BCUT2D eigenvalue weighted by atomic mass is 35.5. The number of nitrogens with zero attached hydrogens (tertiary/aromatic N) is 2. The van der Waals surface area contributed by atoms with Crippen molar-refractivity contribution >= 4 is 62.6 Å². The second-order valence-corrected chi connectivity index (χ2v) is 8.39. The van der Waals surface area contributed by atoms with Crippen LogP contribution in [-0.2, 0) is 0 Å². The first-order chi connectivity index (χ1) is 14.4. The van der Waals surface area contributed by atoms with Crippen molar-refractivity contribution in [1.29, 1.82) is 5.26 Å². The molecular weight excluding hydrogens is 443 g/mol. The van der Waals surface area contributed by atoms with Gasteiger partial charge in [-0.2, -0.15) is 10.2 Å². The highest BCUT2D eigenvalue weighted by molar-refractivity contribution is 7.21. The Morgan fingerprint density at radius 1 is 1.00 bits per heavy atom. The smallest absolute Gasteiger partial charge is 0.221 e. The van der Waals surface area contributed by atoms with Crippen molar-refractivity contribution in [2.24, 2.45) is 0 Å². The molecule has 5 rings (SSSR count). The van der Waals surface area contributed by atoms with E-state index in [1.54, 1.807) is 12.1 Å². The summed E-state index contributed by atoms with van der Waals surface area (Å²) >= 11 is 13.4. The third-order valence-corrected chi connectivity index (χ3v) is 6.49. The molecule has 0 atom stereocenters. The van der Waals surface area contributed by atoms with E-state index in [0.717, 1.165) is 10.4 Å². The first kappa shape index (κ1) is 18.8. The monoisotopic (exact) mass is 450 g/mol. The Morgan fingerprint density at radius 2 is 1.63 bits per heavy atom. The summed E-state index contributed by atoms with van der Waals surface area (Å²) in [6.45, 7) is 0. The molecule has 2 aromatic carbocycles. The molecule has 30 heavy (non-hydrogen) atoms. The number of ketones is 2. The van der Waals surface area contributed by atoms with Gasteiger partial charge in [0.1, 0.15) is 0 Å². The largest absolute Gasteiger partial charge is 0.436 e. The molecule has 0 spiro atoms. The van der Waals surface area contributed by atoms with Crippen molar-refractivity contribution in [3.8, 4) is 16.5 Å². The minimum atomic E-state index is -0.437. The first-order valence-electron chi connectivity index (χ1n) is 8.65. The number of halogens is 2. The molecule has 0 fully saturated rings. The van der Waals surface area contributed by atoms with Crippen LogP contribution in [0, 0.1) is 11.3 Å². The predicted molar refractivity (Wildman–Crippen MR) is 115 cm³/mol. The maximum atomic E-state index is 12.6. The minimum Gasteiger partial charge on any atom is -0.436 e. The zero-order chi connectivity index (χ0) is 21.0. The standard InChI is InChI=1S/C22H8Cl2N2O3S/c23-15-5-12-13(6-16(15)24)21(28)14(20(12)27)7-19-26-22-17(29-19)8-18(30-22)11-3-1-10(9-25)2-4-11/h1-8H. The number of benzene rings is 2. The zero-order valence-corrected chi connectivity index (χ0v) is 17.2. The number of rotatable bonds is 2. The number of hydrogen-bond donors (Lipinski definition) is 0. The normalized spacial score (nSPS) is 13.0. The van der Waals surface area contributed by atoms with Gasteiger partial charge in [0.15, 0.2) is 22.0 Å². The highest BCUT2D eigenvalue weighted by Crippen LogP contribution is 2.36. The molecule has 2 aromatic heterocycles. The molecule has 0 unspecified atom stereocenters. The Morgan fingerprint density at radius 3 is 2.20 bits per heavy atom. The zero-order valence-electron chi connectivity index (χ0n) is 14.9. The van der Waals surface area contributed by atoms with Crippen LogP contribution in [-0.4, -0.2) is 16.6 Å². The van der Waals surface area contributed by atoms with Gasteiger partial charge in [0.05, 0.1) is 27.3 Å².